The maximum absolute atomic E-state index is 13.4. The molecule has 1 aliphatic carbocycles. The Morgan fingerprint density at radius 2 is 1.85 bits per heavy atom. The number of hydrogen-bond donors (Lipinski definition) is 1. The molecule has 1 atom stereocenters. The average molecular weight is 456 g/mol. The number of fused-ring (bicyclic) bond motifs is 1. The summed E-state index contributed by atoms with van der Waals surface area (Å²) in [5, 5.41) is 14.7. The van der Waals surface area contributed by atoms with Crippen molar-refractivity contribution in [3.63, 3.8) is 0 Å². The summed E-state index contributed by atoms with van der Waals surface area (Å²) >= 11 is 0. The Bertz CT molecular complexity index is 1320. The van der Waals surface area contributed by atoms with Gasteiger partial charge < -0.3 is 14.8 Å². The molecule has 0 aliphatic heterocycles. The first kappa shape index (κ1) is 21.6. The highest BCUT2D eigenvalue weighted by Gasteiger charge is 2.22. The maximum Gasteiger partial charge on any atom is 0.251 e. The van der Waals surface area contributed by atoms with Crippen LogP contribution in [-0.2, 0) is 6.42 Å². The monoisotopic (exact) mass is 455 g/mol. The van der Waals surface area contributed by atoms with Crippen LogP contribution in [0.25, 0.3) is 16.8 Å². The van der Waals surface area contributed by atoms with Crippen molar-refractivity contribution in [2.24, 2.45) is 0 Å². The zero-order valence-corrected chi connectivity index (χ0v) is 19.1. The molecule has 0 saturated carbocycles. The number of ether oxygens (including phenoxy) is 2. The summed E-state index contributed by atoms with van der Waals surface area (Å²) in [6.07, 6.45) is 4.51. The van der Waals surface area contributed by atoms with Crippen LogP contribution in [0, 0.1) is 0 Å². The molecule has 1 aromatic heterocycles. The van der Waals surface area contributed by atoms with E-state index in [1.807, 2.05) is 42.5 Å². The highest BCUT2D eigenvalue weighted by molar-refractivity contribution is 5.96. The first-order valence-electron chi connectivity index (χ1n) is 11.2. The summed E-state index contributed by atoms with van der Waals surface area (Å²) in [5.41, 5.74) is 5.42. The van der Waals surface area contributed by atoms with E-state index in [9.17, 15) is 4.79 Å². The number of amides is 1. The molecule has 8 heteroatoms. The molecular formula is C26H25N5O3. The van der Waals surface area contributed by atoms with E-state index >= 15 is 0 Å². The van der Waals surface area contributed by atoms with E-state index in [-0.39, 0.29) is 11.9 Å². The third-order valence-corrected chi connectivity index (χ3v) is 6.19. The molecule has 1 unspecified atom stereocenters. The molecular weight excluding hydrogens is 430 g/mol. The molecule has 34 heavy (non-hydrogen) atoms. The number of benzene rings is 3. The zero-order chi connectivity index (χ0) is 23.5. The molecule has 8 nitrogen and oxygen atoms in total. The minimum Gasteiger partial charge on any atom is -0.493 e. The maximum atomic E-state index is 13.4. The summed E-state index contributed by atoms with van der Waals surface area (Å²) < 4.78 is 12.4. The van der Waals surface area contributed by atoms with E-state index in [1.54, 1.807) is 20.3 Å². The van der Waals surface area contributed by atoms with Gasteiger partial charge in [0.25, 0.3) is 5.91 Å². The summed E-state index contributed by atoms with van der Waals surface area (Å²) in [5.74, 6) is 1.10. The van der Waals surface area contributed by atoms with Gasteiger partial charge in [-0.1, -0.05) is 30.3 Å². The van der Waals surface area contributed by atoms with Gasteiger partial charge in [-0.25, -0.2) is 4.68 Å². The van der Waals surface area contributed by atoms with Crippen LogP contribution >= 0.6 is 0 Å². The van der Waals surface area contributed by atoms with Crippen LogP contribution in [0.1, 0.15) is 40.4 Å². The van der Waals surface area contributed by atoms with Gasteiger partial charge >= 0.3 is 0 Å². The Hall–Kier alpha value is -4.20. The van der Waals surface area contributed by atoms with E-state index in [1.165, 1.54) is 22.1 Å². The van der Waals surface area contributed by atoms with Crippen molar-refractivity contribution in [1.29, 1.82) is 0 Å². The van der Waals surface area contributed by atoms with E-state index < -0.39 is 0 Å². The van der Waals surface area contributed by atoms with Crippen molar-refractivity contribution in [3.05, 3.63) is 83.7 Å². The molecule has 0 fully saturated rings. The topological polar surface area (TPSA) is 91.2 Å². The first-order chi connectivity index (χ1) is 16.7. The van der Waals surface area contributed by atoms with Crippen LogP contribution in [0.4, 0.5) is 0 Å². The second-order valence-electron chi connectivity index (χ2n) is 8.21. The lowest BCUT2D eigenvalue weighted by molar-refractivity contribution is 0.0932. The first-order valence-corrected chi connectivity index (χ1v) is 11.2. The van der Waals surface area contributed by atoms with Crippen LogP contribution < -0.4 is 14.8 Å². The number of carbonyl (C=O) groups is 1. The lowest BCUT2D eigenvalue weighted by Gasteiger charge is -2.26. The fraction of sp³-hybridized carbons (Fsp3) is 0.231. The summed E-state index contributed by atoms with van der Waals surface area (Å²) in [7, 11) is 3.20. The molecule has 5 rings (SSSR count). The van der Waals surface area contributed by atoms with E-state index in [0.717, 1.165) is 30.4 Å². The molecule has 0 radical (unpaired) electrons. The highest BCUT2D eigenvalue weighted by atomic mass is 16.5. The smallest absolute Gasteiger partial charge is 0.251 e. The average Bonchev–Trinajstić information content (AvgIpc) is 3.43. The third-order valence-electron chi connectivity index (χ3n) is 6.19. The number of hydrogen-bond acceptors (Lipinski definition) is 6. The lowest BCUT2D eigenvalue weighted by Crippen LogP contribution is -2.31. The van der Waals surface area contributed by atoms with Gasteiger partial charge in [-0.15, -0.1) is 5.10 Å². The number of carbonyl (C=O) groups excluding carboxylic acids is 1. The van der Waals surface area contributed by atoms with Crippen molar-refractivity contribution in [1.82, 2.24) is 25.5 Å². The second-order valence-corrected chi connectivity index (χ2v) is 8.21. The van der Waals surface area contributed by atoms with Crippen LogP contribution in [0.15, 0.2) is 67.0 Å². The highest BCUT2D eigenvalue weighted by Crippen LogP contribution is 2.34. The van der Waals surface area contributed by atoms with E-state index in [4.69, 9.17) is 9.47 Å². The number of methoxy groups -OCH3 is 2. The number of aryl methyl sites for hydroxylation is 1. The number of aromatic nitrogens is 4. The molecule has 1 aliphatic rings. The molecule has 3 aromatic carbocycles. The number of tetrazole rings is 1. The predicted molar refractivity (Wildman–Crippen MR) is 127 cm³/mol. The summed E-state index contributed by atoms with van der Waals surface area (Å²) in [4.78, 5) is 13.4. The summed E-state index contributed by atoms with van der Waals surface area (Å²) in [6, 6.07) is 19.6. The normalized spacial score (nSPS) is 14.8. The quantitative estimate of drug-likeness (QED) is 0.470. The SMILES string of the molecule is COc1ccc(-c2cc(C(=O)NC3CCCc4ccccc43)cc(-n3cnnn3)c2)cc1OC. The van der Waals surface area contributed by atoms with Crippen molar-refractivity contribution in [2.75, 3.05) is 14.2 Å². The van der Waals surface area contributed by atoms with Crippen LogP contribution in [0.5, 0.6) is 11.5 Å². The van der Waals surface area contributed by atoms with Crippen LogP contribution in [-0.4, -0.2) is 40.3 Å². The van der Waals surface area contributed by atoms with Crippen molar-refractivity contribution >= 4 is 5.91 Å². The molecule has 1 amide bonds. The predicted octanol–water partition coefficient (Wildman–Crippen LogP) is 4.15. The Labute approximate surface area is 197 Å². The third kappa shape index (κ3) is 4.22. The Morgan fingerprint density at radius 1 is 1.00 bits per heavy atom. The second kappa shape index (κ2) is 9.35. The van der Waals surface area contributed by atoms with Gasteiger partial charge in [0.05, 0.1) is 25.9 Å². The van der Waals surface area contributed by atoms with Crippen LogP contribution in [0.3, 0.4) is 0 Å². The fourth-order valence-electron chi connectivity index (χ4n) is 4.48. The molecule has 0 bridgehead atoms. The lowest BCUT2D eigenvalue weighted by atomic mass is 9.87. The van der Waals surface area contributed by atoms with Crippen molar-refractivity contribution < 1.29 is 14.3 Å². The minimum absolute atomic E-state index is 0.0151. The molecule has 172 valence electrons. The molecule has 0 spiro atoms. The number of nitrogens with zero attached hydrogens (tertiary/aromatic N) is 4. The fourth-order valence-corrected chi connectivity index (χ4v) is 4.48. The summed E-state index contributed by atoms with van der Waals surface area (Å²) in [6.45, 7) is 0. The van der Waals surface area contributed by atoms with Gasteiger partial charge in [-0.2, -0.15) is 0 Å². The van der Waals surface area contributed by atoms with Crippen molar-refractivity contribution in [3.8, 4) is 28.3 Å². The van der Waals surface area contributed by atoms with Gasteiger partial charge in [0.15, 0.2) is 11.5 Å². The van der Waals surface area contributed by atoms with E-state index in [0.29, 0.717) is 22.7 Å². The van der Waals surface area contributed by atoms with E-state index in [2.05, 4.69) is 33.0 Å². The van der Waals surface area contributed by atoms with Crippen molar-refractivity contribution in [2.45, 2.75) is 25.3 Å². The Balaban J connectivity index is 1.53. The van der Waals surface area contributed by atoms with Gasteiger partial charge in [0.2, 0.25) is 0 Å². The number of rotatable bonds is 6. The number of nitrogens with one attached hydrogen (secondary N) is 1. The van der Waals surface area contributed by atoms with Gasteiger partial charge in [0, 0.05) is 5.56 Å². The molecule has 1 N–H and O–H groups in total. The minimum atomic E-state index is -0.140. The standard InChI is InChI=1S/C26H25N5O3/c1-33-24-11-10-18(15-25(24)34-2)19-12-20(14-21(13-19)31-16-27-29-30-31)26(32)28-23-9-5-7-17-6-3-4-8-22(17)23/h3-4,6,8,10-16,23H,5,7,9H2,1-2H3,(H,28,32). The Kier molecular flexibility index (Phi) is 5.95. The molecule has 0 saturated heterocycles. The Morgan fingerprint density at radius 3 is 2.65 bits per heavy atom. The van der Waals surface area contributed by atoms with Crippen LogP contribution in [0.2, 0.25) is 0 Å². The molecule has 1 heterocycles. The largest absolute Gasteiger partial charge is 0.493 e. The van der Waals surface area contributed by atoms with Gasteiger partial charge in [-0.05, 0) is 82.3 Å². The van der Waals surface area contributed by atoms with Gasteiger partial charge in [-0.3, -0.25) is 4.79 Å². The zero-order valence-electron chi connectivity index (χ0n) is 19.1. The van der Waals surface area contributed by atoms with Gasteiger partial charge in [0.1, 0.15) is 6.33 Å². The molecule has 4 aromatic rings.